The first-order valence-electron chi connectivity index (χ1n) is 7.37. The molecule has 0 fully saturated rings. The fourth-order valence-corrected chi connectivity index (χ4v) is 3.48. The third kappa shape index (κ3) is 3.86. The Labute approximate surface area is 154 Å². The molecule has 1 atom stereocenters. The van der Waals surface area contributed by atoms with Gasteiger partial charge in [-0.2, -0.15) is 0 Å². The molecule has 1 aliphatic rings. The van der Waals surface area contributed by atoms with Crippen molar-refractivity contribution >= 4 is 57.5 Å². The third-order valence-corrected chi connectivity index (χ3v) is 5.18. The molecule has 2 amide bonds. The van der Waals surface area contributed by atoms with Gasteiger partial charge in [-0.3, -0.25) is 4.99 Å². The maximum atomic E-state index is 12.8. The van der Waals surface area contributed by atoms with Crippen molar-refractivity contribution in [3.8, 4) is 0 Å². The Morgan fingerprint density at radius 2 is 1.96 bits per heavy atom. The average Bonchev–Trinajstić information content (AvgIpc) is 2.98. The zero-order valence-electron chi connectivity index (χ0n) is 12.9. The molecule has 0 aromatic heterocycles. The minimum absolute atomic E-state index is 0.292. The molecule has 4 nitrogen and oxygen atoms in total. The van der Waals surface area contributed by atoms with Crippen molar-refractivity contribution in [2.75, 3.05) is 16.8 Å². The predicted molar refractivity (Wildman–Crippen MR) is 104 cm³/mol. The Morgan fingerprint density at radius 3 is 2.58 bits per heavy atom. The maximum Gasteiger partial charge on any atom is 0.332 e. The van der Waals surface area contributed by atoms with Crippen molar-refractivity contribution in [3.05, 3.63) is 58.6 Å². The number of nitrogens with one attached hydrogen (secondary N) is 1. The van der Waals surface area contributed by atoms with Crippen LogP contribution in [0.25, 0.3) is 0 Å². The number of urea groups is 1. The first-order valence-corrected chi connectivity index (χ1v) is 9.00. The smallest absolute Gasteiger partial charge is 0.307 e. The number of para-hydroxylation sites is 1. The van der Waals surface area contributed by atoms with Crippen LogP contribution in [-0.2, 0) is 0 Å². The van der Waals surface area contributed by atoms with Crippen molar-refractivity contribution in [1.29, 1.82) is 0 Å². The van der Waals surface area contributed by atoms with Gasteiger partial charge in [0, 0.05) is 10.9 Å². The number of hydrogen-bond acceptors (Lipinski definition) is 3. The predicted octanol–water partition coefficient (Wildman–Crippen LogP) is 5.52. The number of amidine groups is 1. The van der Waals surface area contributed by atoms with E-state index in [1.165, 1.54) is 0 Å². The molecule has 0 aliphatic carbocycles. The highest BCUT2D eigenvalue weighted by molar-refractivity contribution is 8.15. The summed E-state index contributed by atoms with van der Waals surface area (Å²) in [4.78, 5) is 18.9. The highest BCUT2D eigenvalue weighted by Crippen LogP contribution is 2.29. The highest BCUT2D eigenvalue weighted by atomic mass is 35.5. The fraction of sp³-hybridized carbons (Fsp3) is 0.176. The number of aliphatic imine (C=N–C) groups is 1. The van der Waals surface area contributed by atoms with Gasteiger partial charge in [-0.05, 0) is 30.3 Å². The molecular formula is C17H15Cl2N3OS. The topological polar surface area (TPSA) is 44.7 Å². The van der Waals surface area contributed by atoms with Gasteiger partial charge >= 0.3 is 6.03 Å². The largest absolute Gasteiger partial charge is 0.332 e. The van der Waals surface area contributed by atoms with Gasteiger partial charge in [-0.1, -0.05) is 60.1 Å². The molecule has 2 aromatic carbocycles. The van der Waals surface area contributed by atoms with Crippen LogP contribution in [-0.4, -0.2) is 23.0 Å². The molecule has 1 unspecified atom stereocenters. The Morgan fingerprint density at radius 1 is 1.21 bits per heavy atom. The van der Waals surface area contributed by atoms with Gasteiger partial charge < -0.3 is 5.32 Å². The summed E-state index contributed by atoms with van der Waals surface area (Å²) in [5, 5.41) is 4.72. The second-order valence-electron chi connectivity index (χ2n) is 5.28. The van der Waals surface area contributed by atoms with E-state index in [2.05, 4.69) is 17.2 Å². The quantitative estimate of drug-likeness (QED) is 0.745. The first kappa shape index (κ1) is 17.1. The summed E-state index contributed by atoms with van der Waals surface area (Å²) in [6.07, 6.45) is 0. The number of nitrogens with zero attached hydrogens (tertiary/aromatic N) is 2. The van der Waals surface area contributed by atoms with E-state index in [0.29, 0.717) is 32.7 Å². The van der Waals surface area contributed by atoms with E-state index < -0.39 is 0 Å². The lowest BCUT2D eigenvalue weighted by Crippen LogP contribution is -2.38. The zero-order chi connectivity index (χ0) is 17.1. The molecule has 124 valence electrons. The molecule has 0 saturated heterocycles. The van der Waals surface area contributed by atoms with Crippen LogP contribution in [0.15, 0.2) is 53.5 Å². The number of carbonyl (C=O) groups excluding carboxylic acids is 1. The molecule has 1 aliphatic heterocycles. The second kappa shape index (κ2) is 7.47. The van der Waals surface area contributed by atoms with Gasteiger partial charge in [0.15, 0.2) is 5.17 Å². The average molecular weight is 380 g/mol. The highest BCUT2D eigenvalue weighted by Gasteiger charge is 2.27. The monoisotopic (exact) mass is 379 g/mol. The molecule has 24 heavy (non-hydrogen) atoms. The summed E-state index contributed by atoms with van der Waals surface area (Å²) in [7, 11) is 0. The Bertz CT molecular complexity index is 783. The molecule has 7 heteroatoms. The zero-order valence-corrected chi connectivity index (χ0v) is 15.2. The summed E-state index contributed by atoms with van der Waals surface area (Å²) in [5.74, 6) is 0. The molecule has 1 N–H and O–H groups in total. The molecule has 0 bridgehead atoms. The number of thioether (sulfide) groups is 1. The van der Waals surface area contributed by atoms with Crippen molar-refractivity contribution in [1.82, 2.24) is 0 Å². The number of carbonyl (C=O) groups is 1. The van der Waals surface area contributed by atoms with Gasteiger partial charge in [-0.15, -0.1) is 0 Å². The van der Waals surface area contributed by atoms with E-state index in [1.807, 2.05) is 30.3 Å². The summed E-state index contributed by atoms with van der Waals surface area (Å²) in [6, 6.07) is 14.1. The van der Waals surface area contributed by atoms with Crippen molar-refractivity contribution in [2.45, 2.75) is 12.2 Å². The third-order valence-electron chi connectivity index (χ3n) is 3.37. The minimum atomic E-state index is -0.292. The molecule has 1 heterocycles. The van der Waals surface area contributed by atoms with E-state index in [4.69, 9.17) is 23.2 Å². The first-order chi connectivity index (χ1) is 11.5. The SMILES string of the molecule is CC1CN=C(N(C(=O)Nc2ccc(Cl)c(Cl)c2)c2ccccc2)S1. The number of halogens is 2. The van der Waals surface area contributed by atoms with Crippen LogP contribution >= 0.6 is 35.0 Å². The van der Waals surface area contributed by atoms with Gasteiger partial charge in [0.05, 0.1) is 22.3 Å². The molecule has 2 aromatic rings. The summed E-state index contributed by atoms with van der Waals surface area (Å²) in [5.41, 5.74) is 1.34. The normalized spacial score (nSPS) is 16.6. The van der Waals surface area contributed by atoms with Crippen molar-refractivity contribution in [2.24, 2.45) is 4.99 Å². The second-order valence-corrected chi connectivity index (χ2v) is 7.50. The lowest BCUT2D eigenvalue weighted by molar-refractivity contribution is 0.259. The number of hydrogen-bond donors (Lipinski definition) is 1. The van der Waals surface area contributed by atoms with Gasteiger partial charge in [-0.25, -0.2) is 9.69 Å². The van der Waals surface area contributed by atoms with Crippen molar-refractivity contribution in [3.63, 3.8) is 0 Å². The summed E-state index contributed by atoms with van der Waals surface area (Å²) < 4.78 is 0. The fourth-order valence-electron chi connectivity index (χ4n) is 2.23. The number of amides is 2. The number of anilines is 2. The molecule has 0 saturated carbocycles. The van der Waals surface area contributed by atoms with E-state index in [1.54, 1.807) is 34.9 Å². The molecular weight excluding hydrogens is 365 g/mol. The number of benzene rings is 2. The maximum absolute atomic E-state index is 12.8. The minimum Gasteiger partial charge on any atom is -0.307 e. The molecule has 3 rings (SSSR count). The van der Waals surface area contributed by atoms with Crippen LogP contribution in [0.2, 0.25) is 10.0 Å². The van der Waals surface area contributed by atoms with Gasteiger partial charge in [0.1, 0.15) is 0 Å². The van der Waals surface area contributed by atoms with Gasteiger partial charge in [0.2, 0.25) is 0 Å². The Balaban J connectivity index is 1.87. The lowest BCUT2D eigenvalue weighted by Gasteiger charge is -2.22. The molecule has 0 radical (unpaired) electrons. The van der Waals surface area contributed by atoms with E-state index >= 15 is 0 Å². The standard InChI is InChI=1S/C17H15Cl2N3OS/c1-11-10-20-17(24-11)22(13-5-3-2-4-6-13)16(23)21-12-7-8-14(18)15(19)9-12/h2-9,11H,10H2,1H3,(H,21,23). The van der Waals surface area contributed by atoms with Crippen LogP contribution in [0, 0.1) is 0 Å². The summed E-state index contributed by atoms with van der Waals surface area (Å²) >= 11 is 13.5. The van der Waals surface area contributed by atoms with E-state index in [-0.39, 0.29) is 6.03 Å². The van der Waals surface area contributed by atoms with E-state index in [0.717, 1.165) is 5.69 Å². The summed E-state index contributed by atoms with van der Waals surface area (Å²) in [6.45, 7) is 2.78. The lowest BCUT2D eigenvalue weighted by atomic mass is 10.3. The van der Waals surface area contributed by atoms with Crippen LogP contribution < -0.4 is 10.2 Å². The van der Waals surface area contributed by atoms with Crippen LogP contribution in [0.4, 0.5) is 16.2 Å². The van der Waals surface area contributed by atoms with Crippen LogP contribution in [0.1, 0.15) is 6.92 Å². The van der Waals surface area contributed by atoms with Crippen LogP contribution in [0.3, 0.4) is 0 Å². The molecule has 0 spiro atoms. The Kier molecular flexibility index (Phi) is 5.33. The van der Waals surface area contributed by atoms with Crippen LogP contribution in [0.5, 0.6) is 0 Å². The van der Waals surface area contributed by atoms with E-state index in [9.17, 15) is 4.79 Å². The van der Waals surface area contributed by atoms with Gasteiger partial charge in [0.25, 0.3) is 0 Å². The Hall–Kier alpha value is -1.69. The number of rotatable bonds is 2. The van der Waals surface area contributed by atoms with Crippen molar-refractivity contribution < 1.29 is 4.79 Å².